The highest BCUT2D eigenvalue weighted by molar-refractivity contribution is 7.13. The molecule has 10 N–H and O–H groups in total. The lowest BCUT2D eigenvalue weighted by Gasteiger charge is -2.40. The van der Waals surface area contributed by atoms with Crippen LogP contribution in [-0.2, 0) is 48.7 Å². The van der Waals surface area contributed by atoms with Gasteiger partial charge < -0.3 is 95.0 Å². The maximum atomic E-state index is 15.7. The topological polar surface area (TPSA) is 424 Å². The van der Waals surface area contributed by atoms with Crippen molar-refractivity contribution in [2.45, 2.75) is 198 Å². The van der Waals surface area contributed by atoms with Crippen LogP contribution in [0.1, 0.15) is 176 Å². The Labute approximate surface area is 838 Å². The van der Waals surface area contributed by atoms with Crippen LogP contribution >= 0.6 is 11.3 Å². The minimum Gasteiger partial charge on any atom is -0.507 e. The number of aryl methyl sites for hydroxylation is 2. The van der Waals surface area contributed by atoms with E-state index >= 15 is 4.79 Å². The normalized spacial score (nSPS) is 20.8. The Hall–Kier alpha value is -13.5. The molecule has 0 radical (unpaired) electrons. The van der Waals surface area contributed by atoms with E-state index in [0.717, 1.165) is 157 Å². The van der Waals surface area contributed by atoms with Crippen LogP contribution in [0.15, 0.2) is 167 Å². The van der Waals surface area contributed by atoms with Crippen molar-refractivity contribution in [1.82, 2.24) is 93.6 Å². The number of hydrogen-bond donors (Lipinski definition) is 8. The summed E-state index contributed by atoms with van der Waals surface area (Å²) < 4.78 is 47.3. The molecule has 7 aliphatic rings. The van der Waals surface area contributed by atoms with E-state index in [2.05, 4.69) is 82.4 Å². The van der Waals surface area contributed by atoms with Crippen molar-refractivity contribution in [3.05, 3.63) is 198 Å². The third kappa shape index (κ3) is 21.7. The third-order valence-electron chi connectivity index (χ3n) is 30.4. The average molecular weight is 1980 g/mol. The van der Waals surface area contributed by atoms with Crippen LogP contribution in [0, 0.1) is 47.2 Å². The molecule has 754 valence electrons. The summed E-state index contributed by atoms with van der Waals surface area (Å²) in [5.41, 5.74) is 23.3. The van der Waals surface area contributed by atoms with Gasteiger partial charge >= 0.3 is 0 Å². The summed E-state index contributed by atoms with van der Waals surface area (Å²) in [6.45, 7) is 19.7. The Morgan fingerprint density at radius 1 is 0.583 bits per heavy atom. The number of β-amino-alcohol motifs (C(OH)–C–C–N with tert-alkyl or cyclic N) is 2. The van der Waals surface area contributed by atoms with Gasteiger partial charge in [0.25, 0.3) is 0 Å². The molecule has 4 amide bonds. The molecule has 1 saturated carbocycles. The van der Waals surface area contributed by atoms with Gasteiger partial charge in [-0.1, -0.05) is 116 Å². The fourth-order valence-corrected chi connectivity index (χ4v) is 22.8. The fraction of sp³-hybridized carbons (Fsp3) is 0.467. The Kier molecular flexibility index (Phi) is 29.1. The van der Waals surface area contributed by atoms with Crippen molar-refractivity contribution in [3.63, 3.8) is 0 Å². The largest absolute Gasteiger partial charge is 0.507 e. The molecule has 0 bridgehead atoms. The molecule has 15 heterocycles. The maximum absolute atomic E-state index is 15.7. The van der Waals surface area contributed by atoms with Gasteiger partial charge in [0, 0.05) is 171 Å². The SMILES string of the molecule is CC(C)[C@@H](C(=O)N1C[C@H](O)C[C@H]1C(=O)N[C@@H](C)c1ccc(-c2scnc2CCC(C)[C@@H](C(=O)N2C[C@H](O)C[C@H]2C(=O)N[C@@H](C)c2ccc(-c3c(F)cnn3C)cc2)c2cc(N3CCC(CN4CCC(O[C@H]5C[C@H](C#Cc6cn7cc(-c8ccccc8O)nc7nc6N)C5)CC4)CC3)no2)cc1)c1cc(N2CCC(CN3CCC(OCCn4cnc(-c5cn6cc(-c7ccccc7O)nc6nc5N)c4)CC3)CC2)no1. The van der Waals surface area contributed by atoms with Crippen molar-refractivity contribution in [2.75, 3.05) is 106 Å². The summed E-state index contributed by atoms with van der Waals surface area (Å²) in [4.78, 5) is 101. The number of rotatable bonds is 32. The monoisotopic (exact) mass is 1980 g/mol. The number of nitrogens with one attached hydrogen (secondary N) is 2. The molecule has 9 atom stereocenters. The lowest BCUT2D eigenvalue weighted by molar-refractivity contribution is -0.141. The molecule has 4 aromatic carbocycles. The van der Waals surface area contributed by atoms with Gasteiger partial charge in [-0.15, -0.1) is 11.3 Å². The minimum absolute atomic E-state index is 0.00387. The summed E-state index contributed by atoms with van der Waals surface area (Å²) in [7, 11) is 1.67. The zero-order valence-corrected chi connectivity index (χ0v) is 82.9. The van der Waals surface area contributed by atoms with Crippen LogP contribution in [0.25, 0.3) is 67.0 Å². The smallest absolute Gasteiger partial charge is 0.243 e. The number of aliphatic hydroxyl groups is 2. The highest BCUT2D eigenvalue weighted by Gasteiger charge is 2.47. The zero-order valence-electron chi connectivity index (χ0n) is 82.0. The number of carbonyl (C=O) groups excluding carboxylic acids is 4. The number of aromatic hydroxyl groups is 2. The summed E-state index contributed by atoms with van der Waals surface area (Å²) in [5.74, 6) is 7.55. The van der Waals surface area contributed by atoms with Crippen molar-refractivity contribution >= 4 is 69.8 Å². The first kappa shape index (κ1) is 97.9. The second-order valence-electron chi connectivity index (χ2n) is 40.7. The van der Waals surface area contributed by atoms with E-state index in [4.69, 9.17) is 35.0 Å². The van der Waals surface area contributed by atoms with Gasteiger partial charge in [0.15, 0.2) is 29.0 Å². The van der Waals surface area contributed by atoms with Crippen LogP contribution in [0.3, 0.4) is 0 Å². The first-order chi connectivity index (χ1) is 69.7. The second kappa shape index (κ2) is 42.8. The number of nitrogens with two attached hydrogens (primary N) is 2. The number of carbonyl (C=O) groups is 4. The van der Waals surface area contributed by atoms with Gasteiger partial charge in [-0.2, -0.15) is 15.1 Å². The molecule has 37 heteroatoms. The molecular formula is C107H126FN23O12S. The zero-order chi connectivity index (χ0) is 99.7. The highest BCUT2D eigenvalue weighted by Crippen LogP contribution is 2.43. The molecule has 0 spiro atoms. The number of para-hydroxylation sites is 2. The summed E-state index contributed by atoms with van der Waals surface area (Å²) in [6, 6.07) is 30.1. The molecule has 35 nitrogen and oxygen atoms in total. The third-order valence-corrected chi connectivity index (χ3v) is 31.3. The first-order valence-electron chi connectivity index (χ1n) is 50.7. The number of fused-ring (bicyclic) bond motifs is 2. The predicted octanol–water partition coefficient (Wildman–Crippen LogP) is 12.9. The number of nitrogen functional groups attached to an aromatic ring is 2. The van der Waals surface area contributed by atoms with Crippen LogP contribution < -0.4 is 31.9 Å². The van der Waals surface area contributed by atoms with Crippen LogP contribution in [-0.4, -0.2) is 255 Å². The van der Waals surface area contributed by atoms with E-state index in [1.54, 1.807) is 64.6 Å². The second-order valence-corrected chi connectivity index (χ2v) is 41.5. The van der Waals surface area contributed by atoms with Crippen LogP contribution in [0.2, 0.25) is 0 Å². The van der Waals surface area contributed by atoms with Crippen molar-refractivity contribution in [2.24, 2.45) is 36.6 Å². The van der Waals surface area contributed by atoms with Gasteiger partial charge in [-0.25, -0.2) is 24.3 Å². The molecule has 144 heavy (non-hydrogen) atoms. The number of likely N-dealkylation sites (tertiary alicyclic amines) is 4. The predicted molar refractivity (Wildman–Crippen MR) is 542 cm³/mol. The Bertz CT molecular complexity index is 6760. The van der Waals surface area contributed by atoms with Crippen molar-refractivity contribution in [3.8, 4) is 78.8 Å². The number of nitrogens with zero attached hydrogens (tertiary/aromatic N) is 19. The molecule has 9 aromatic heterocycles. The molecule has 6 saturated heterocycles. The number of phenols is 2. The van der Waals surface area contributed by atoms with Crippen molar-refractivity contribution < 1.29 is 62.5 Å². The van der Waals surface area contributed by atoms with Gasteiger partial charge in [-0.3, -0.25) is 32.7 Å². The molecule has 1 unspecified atom stereocenters. The van der Waals surface area contributed by atoms with E-state index in [1.165, 1.54) is 32.0 Å². The van der Waals surface area contributed by atoms with Crippen LogP contribution in [0.4, 0.5) is 27.7 Å². The number of aromatic nitrogens is 13. The highest BCUT2D eigenvalue weighted by atomic mass is 32.1. The molecular weight excluding hydrogens is 1850 g/mol. The number of hydrogen-bond acceptors (Lipinski definition) is 28. The van der Waals surface area contributed by atoms with Crippen LogP contribution in [0.5, 0.6) is 11.5 Å². The Morgan fingerprint density at radius 2 is 1.11 bits per heavy atom. The molecule has 13 aromatic rings. The van der Waals surface area contributed by atoms with Gasteiger partial charge in [0.05, 0.1) is 106 Å². The van der Waals surface area contributed by atoms with E-state index in [1.807, 2.05) is 142 Å². The number of phenolic OH excluding ortho intramolecular Hbond substituents is 2. The van der Waals surface area contributed by atoms with Crippen molar-refractivity contribution in [1.29, 1.82) is 0 Å². The summed E-state index contributed by atoms with van der Waals surface area (Å²) in [5, 5.41) is 63.0. The minimum atomic E-state index is -1.00. The number of halogens is 1. The molecule has 6 aliphatic heterocycles. The van der Waals surface area contributed by atoms with Gasteiger partial charge in [-0.05, 0) is 156 Å². The molecule has 20 rings (SSSR count). The first-order valence-corrected chi connectivity index (χ1v) is 51.6. The lowest BCUT2D eigenvalue weighted by atomic mass is 9.82. The molecule has 7 fully saturated rings. The number of aliphatic hydroxyl groups excluding tert-OH is 2. The van der Waals surface area contributed by atoms with Gasteiger partial charge in [0.1, 0.15) is 52.7 Å². The van der Waals surface area contributed by atoms with E-state index in [9.17, 15) is 39.2 Å². The maximum Gasteiger partial charge on any atom is 0.243 e. The number of imidazole rings is 3. The number of piperidine rings is 4. The van der Waals surface area contributed by atoms with E-state index < -0.39 is 59.9 Å². The number of thiazole rings is 1. The fourth-order valence-electron chi connectivity index (χ4n) is 22.0. The summed E-state index contributed by atoms with van der Waals surface area (Å²) >= 11 is 1.50. The summed E-state index contributed by atoms with van der Waals surface area (Å²) in [6.07, 6.45) is 21.4. The van der Waals surface area contributed by atoms with Gasteiger partial charge in [0.2, 0.25) is 35.2 Å². The Morgan fingerprint density at radius 3 is 1.66 bits per heavy atom. The lowest BCUT2D eigenvalue weighted by Crippen LogP contribution is -2.48. The molecule has 1 aliphatic carbocycles. The average Bonchev–Trinajstić information content (AvgIpc) is 1.64. The standard InChI is InChI=1S/C107H126FN23O12S/c1-63(2)96(92-49-94(120-142-92)126-39-27-67(28-40-126)52-123-35-31-77(32-36-123)140-44-43-125-58-85(111-61-125)82-57-129-60-87(117-107(129)119-101(82)110)81-12-8-10-14-91(81)135)104(138)130-55-75(132)47-88(130)102(136)115-66(5)71-20-24-73(25-21-71)99-84(112-62-144-99)26-15-64(3)97(105(139)131-56-76(133)48-89(131)103(137)114-65(4)70-18-22-72(23-19-70)98-83(108)51-113-122(98)6)93-50-95(121-143-93)127-41-29-68(30-42-127)53-124-37-33-78(34-38-124)141-79-45-69(46-79)16-17-74-54-128-59-86(116-106(128)118-100(74)109)80-11-7-9-13-90(80)134/h7-14,18-25,49-51,54,57-69,75-79,88-89,96-97,132-135H,15,26-48,52-53,55-56H2,1-6H3,(H,114,137)(H,115,136)(H2,109,116,118)(H2,110,117,119)/t64?,65-,66-,69-,75+,76+,79-,88-,89-,96+,97+/m0/s1. The number of benzene rings is 4. The number of ether oxygens (including phenoxy) is 2. The van der Waals surface area contributed by atoms with E-state index in [-0.39, 0.29) is 91.2 Å². The van der Waals surface area contributed by atoms with E-state index in [0.29, 0.717) is 135 Å². The number of amides is 4. The number of anilines is 4. The quantitative estimate of drug-likeness (QED) is 0.0182. The Balaban J connectivity index is 0.423.